The third-order valence-electron chi connectivity index (χ3n) is 2.25. The Kier molecular flexibility index (Phi) is 7.65. The minimum absolute atomic E-state index is 0.00926. The van der Waals surface area contributed by atoms with Gasteiger partial charge in [0, 0.05) is 11.3 Å². The van der Waals surface area contributed by atoms with Gasteiger partial charge >= 0.3 is 0 Å². The molecule has 3 nitrogen and oxygen atoms in total. The first-order valence-electron chi connectivity index (χ1n) is 5.02. The van der Waals surface area contributed by atoms with Gasteiger partial charge in [-0.2, -0.15) is 11.8 Å². The Bertz CT molecular complexity index is 198. The Hall–Kier alpha value is 0.260. The predicted molar refractivity (Wildman–Crippen MR) is 69.5 cm³/mol. The number of nitrogens with one attached hydrogen (secondary N) is 1. The Balaban J connectivity index is 4.16. The van der Waals surface area contributed by atoms with E-state index in [4.69, 9.17) is 5.11 Å². The fourth-order valence-electron chi connectivity index (χ4n) is 1.14. The van der Waals surface area contributed by atoms with Crippen LogP contribution in [0.15, 0.2) is 0 Å². The zero-order chi connectivity index (χ0) is 12.0. The van der Waals surface area contributed by atoms with E-state index in [2.05, 4.69) is 21.2 Å². The molecule has 0 rings (SSSR count). The molecule has 90 valence electrons. The van der Waals surface area contributed by atoms with Crippen LogP contribution >= 0.6 is 27.7 Å². The lowest BCUT2D eigenvalue weighted by Gasteiger charge is -2.23. The number of hydrogen-bond acceptors (Lipinski definition) is 3. The number of hydrogen-bond donors (Lipinski definition) is 2. The smallest absolute Gasteiger partial charge is 0.234 e. The van der Waals surface area contributed by atoms with Gasteiger partial charge in [0.2, 0.25) is 5.91 Å². The Morgan fingerprint density at radius 3 is 2.33 bits per heavy atom. The van der Waals surface area contributed by atoms with E-state index in [1.165, 1.54) is 0 Å². The molecular formula is C10H20BrNO2S. The molecule has 0 bridgehead atoms. The average Bonchev–Trinajstić information content (AvgIpc) is 2.18. The van der Waals surface area contributed by atoms with E-state index in [0.717, 1.165) is 0 Å². The molecule has 0 aromatic carbocycles. The highest BCUT2D eigenvalue weighted by Crippen LogP contribution is 2.14. The molecule has 0 saturated heterocycles. The van der Waals surface area contributed by atoms with Crippen molar-refractivity contribution in [2.24, 2.45) is 5.92 Å². The number of rotatable bonds is 6. The standard InChI is InChI=1S/C10H20BrNO2S/c1-6(2)9(11)10(14)12-7(3)8(5-13)15-4/h6-9,13H,5H2,1-4H3,(H,12,14). The molecule has 0 aliphatic rings. The van der Waals surface area contributed by atoms with Crippen LogP contribution in [0.4, 0.5) is 0 Å². The second-order valence-electron chi connectivity index (χ2n) is 3.90. The lowest BCUT2D eigenvalue weighted by molar-refractivity contribution is -0.121. The van der Waals surface area contributed by atoms with Crippen LogP contribution in [0.5, 0.6) is 0 Å². The highest BCUT2D eigenvalue weighted by molar-refractivity contribution is 9.10. The van der Waals surface area contributed by atoms with Gasteiger partial charge in [0.1, 0.15) is 0 Å². The maximum atomic E-state index is 11.7. The van der Waals surface area contributed by atoms with Gasteiger partial charge in [0.05, 0.1) is 11.4 Å². The summed E-state index contributed by atoms with van der Waals surface area (Å²) in [6, 6.07) is -0.0173. The summed E-state index contributed by atoms with van der Waals surface area (Å²) in [7, 11) is 0. The lowest BCUT2D eigenvalue weighted by Crippen LogP contribution is -2.45. The van der Waals surface area contributed by atoms with Crippen LogP contribution in [0, 0.1) is 5.92 Å². The first-order chi connectivity index (χ1) is 6.93. The number of amides is 1. The van der Waals surface area contributed by atoms with E-state index in [1.54, 1.807) is 11.8 Å². The van der Waals surface area contributed by atoms with Crippen LogP contribution in [-0.4, -0.2) is 40.0 Å². The summed E-state index contributed by atoms with van der Waals surface area (Å²) in [5.41, 5.74) is 0. The summed E-state index contributed by atoms with van der Waals surface area (Å²) in [4.78, 5) is 11.5. The van der Waals surface area contributed by atoms with Crippen LogP contribution in [0.25, 0.3) is 0 Å². The number of aliphatic hydroxyl groups excluding tert-OH is 1. The molecule has 0 radical (unpaired) electrons. The Morgan fingerprint density at radius 2 is 2.00 bits per heavy atom. The van der Waals surface area contributed by atoms with E-state index in [9.17, 15) is 4.79 Å². The average molecular weight is 298 g/mol. The van der Waals surface area contributed by atoms with Crippen molar-refractivity contribution in [2.45, 2.75) is 36.9 Å². The number of carbonyl (C=O) groups is 1. The van der Waals surface area contributed by atoms with Crippen molar-refractivity contribution in [3.05, 3.63) is 0 Å². The van der Waals surface area contributed by atoms with E-state index >= 15 is 0 Å². The van der Waals surface area contributed by atoms with Crippen LogP contribution in [-0.2, 0) is 4.79 Å². The molecule has 15 heavy (non-hydrogen) atoms. The van der Waals surface area contributed by atoms with E-state index in [1.807, 2.05) is 27.0 Å². The van der Waals surface area contributed by atoms with Crippen molar-refractivity contribution in [1.29, 1.82) is 0 Å². The largest absolute Gasteiger partial charge is 0.395 e. The molecular weight excluding hydrogens is 278 g/mol. The minimum Gasteiger partial charge on any atom is -0.395 e. The van der Waals surface area contributed by atoms with Gasteiger partial charge in [0.15, 0.2) is 0 Å². The minimum atomic E-state index is -0.166. The van der Waals surface area contributed by atoms with Crippen LogP contribution in [0.2, 0.25) is 0 Å². The normalized spacial score (nSPS) is 17.3. The summed E-state index contributed by atoms with van der Waals surface area (Å²) in [6.45, 7) is 5.97. The van der Waals surface area contributed by atoms with Gasteiger partial charge in [-0.05, 0) is 19.1 Å². The van der Waals surface area contributed by atoms with Gasteiger partial charge in [0.25, 0.3) is 0 Å². The second-order valence-corrected chi connectivity index (χ2v) is 5.96. The monoisotopic (exact) mass is 297 g/mol. The van der Waals surface area contributed by atoms with Gasteiger partial charge in [-0.1, -0.05) is 29.8 Å². The molecule has 5 heteroatoms. The Morgan fingerprint density at radius 1 is 1.47 bits per heavy atom. The lowest BCUT2D eigenvalue weighted by atomic mass is 10.1. The number of thioether (sulfide) groups is 1. The first-order valence-corrected chi connectivity index (χ1v) is 7.22. The summed E-state index contributed by atoms with van der Waals surface area (Å²) in [6.07, 6.45) is 1.93. The molecule has 0 heterocycles. The van der Waals surface area contributed by atoms with Gasteiger partial charge in [-0.25, -0.2) is 0 Å². The first kappa shape index (κ1) is 15.3. The number of carbonyl (C=O) groups excluding carboxylic acids is 1. The van der Waals surface area contributed by atoms with E-state index in [0.29, 0.717) is 0 Å². The summed E-state index contributed by atoms with van der Waals surface area (Å²) in [5.74, 6) is 0.254. The second kappa shape index (κ2) is 7.52. The maximum absolute atomic E-state index is 11.7. The third kappa shape index (κ3) is 5.22. The maximum Gasteiger partial charge on any atom is 0.234 e. The fraction of sp³-hybridized carbons (Fsp3) is 0.900. The van der Waals surface area contributed by atoms with E-state index in [-0.39, 0.29) is 34.6 Å². The van der Waals surface area contributed by atoms with Crippen molar-refractivity contribution < 1.29 is 9.90 Å². The van der Waals surface area contributed by atoms with Crippen LogP contribution < -0.4 is 5.32 Å². The summed E-state index contributed by atoms with van der Waals surface area (Å²) in [5, 5.41) is 12.0. The highest BCUT2D eigenvalue weighted by Gasteiger charge is 2.23. The van der Waals surface area contributed by atoms with E-state index < -0.39 is 0 Å². The molecule has 2 N–H and O–H groups in total. The Labute approximate surface area is 105 Å². The molecule has 3 unspecified atom stereocenters. The van der Waals surface area contributed by atoms with Crippen LogP contribution in [0.3, 0.4) is 0 Å². The van der Waals surface area contributed by atoms with Crippen molar-refractivity contribution >= 4 is 33.6 Å². The van der Waals surface area contributed by atoms with Gasteiger partial charge in [-0.15, -0.1) is 0 Å². The number of aliphatic hydroxyl groups is 1. The molecule has 3 atom stereocenters. The van der Waals surface area contributed by atoms with Crippen molar-refractivity contribution in [3.8, 4) is 0 Å². The number of halogens is 1. The van der Waals surface area contributed by atoms with Crippen molar-refractivity contribution in [2.75, 3.05) is 12.9 Å². The van der Waals surface area contributed by atoms with Crippen LogP contribution in [0.1, 0.15) is 20.8 Å². The molecule has 0 fully saturated rings. The topological polar surface area (TPSA) is 49.3 Å². The third-order valence-corrected chi connectivity index (χ3v) is 4.88. The quantitative estimate of drug-likeness (QED) is 0.733. The molecule has 1 amide bonds. The SMILES string of the molecule is CSC(CO)C(C)NC(=O)C(Br)C(C)C. The summed E-state index contributed by atoms with van der Waals surface area (Å²) < 4.78 is 0. The van der Waals surface area contributed by atoms with Crippen molar-refractivity contribution in [1.82, 2.24) is 5.32 Å². The molecule has 0 spiro atoms. The zero-order valence-electron chi connectivity index (χ0n) is 9.66. The molecule has 0 aromatic heterocycles. The molecule has 0 aliphatic carbocycles. The predicted octanol–water partition coefficient (Wildman–Crippen LogP) is 1.63. The van der Waals surface area contributed by atoms with Gasteiger partial charge in [-0.3, -0.25) is 4.79 Å². The van der Waals surface area contributed by atoms with Crippen molar-refractivity contribution in [3.63, 3.8) is 0 Å². The van der Waals surface area contributed by atoms with Gasteiger partial charge < -0.3 is 10.4 Å². The number of alkyl halides is 1. The highest BCUT2D eigenvalue weighted by atomic mass is 79.9. The molecule has 0 saturated carbocycles. The summed E-state index contributed by atoms with van der Waals surface area (Å²) >= 11 is 4.91. The zero-order valence-corrected chi connectivity index (χ0v) is 12.1. The molecule has 0 aliphatic heterocycles. The fourth-order valence-corrected chi connectivity index (χ4v) is 1.89. The molecule has 0 aromatic rings.